The number of aromatic nitrogens is 2. The topological polar surface area (TPSA) is 50.2 Å². The zero-order chi connectivity index (χ0) is 26.2. The second-order valence-corrected chi connectivity index (χ2v) is 9.81. The minimum absolute atomic E-state index is 0.00867. The summed E-state index contributed by atoms with van der Waals surface area (Å²) in [7, 11) is 1.81. The van der Waals surface area contributed by atoms with E-state index in [2.05, 4.69) is 10.3 Å². The number of alkyl halides is 3. The normalized spacial score (nSPS) is 18.1. The van der Waals surface area contributed by atoms with E-state index >= 15 is 0 Å². The van der Waals surface area contributed by atoms with Gasteiger partial charge in [-0.1, -0.05) is 29.8 Å². The van der Waals surface area contributed by atoms with E-state index in [9.17, 15) is 18.0 Å². The SMILES string of the molecule is CN(c1cc(C(F)(F)F)nc2ccc(Cl)cc12)C1CCC(NC(=O)c2cccn2-c2ccccc2)CC1. The first-order valence-electron chi connectivity index (χ1n) is 12.1. The highest BCUT2D eigenvalue weighted by Gasteiger charge is 2.35. The lowest BCUT2D eigenvalue weighted by Crippen LogP contribution is -2.43. The Morgan fingerprint density at radius 2 is 1.76 bits per heavy atom. The first-order chi connectivity index (χ1) is 17.7. The third-order valence-corrected chi connectivity index (χ3v) is 7.25. The van der Waals surface area contributed by atoms with Gasteiger partial charge in [-0.3, -0.25) is 4.79 Å². The number of fused-ring (bicyclic) bond motifs is 1. The Labute approximate surface area is 217 Å². The molecule has 2 aromatic carbocycles. The van der Waals surface area contributed by atoms with Crippen LogP contribution < -0.4 is 10.2 Å². The molecule has 1 amide bonds. The number of nitrogens with one attached hydrogen (secondary N) is 1. The van der Waals surface area contributed by atoms with Gasteiger partial charge in [0, 0.05) is 47.1 Å². The summed E-state index contributed by atoms with van der Waals surface area (Å²) in [5, 5.41) is 4.17. The molecule has 192 valence electrons. The number of para-hydroxylation sites is 1. The molecule has 1 aliphatic rings. The molecule has 5 rings (SSSR count). The molecule has 9 heteroatoms. The number of pyridine rings is 1. The number of benzene rings is 2. The van der Waals surface area contributed by atoms with Crippen LogP contribution in [0.2, 0.25) is 5.02 Å². The maximum absolute atomic E-state index is 13.6. The monoisotopic (exact) mass is 526 g/mol. The number of carbonyl (C=O) groups is 1. The Morgan fingerprint density at radius 1 is 1.03 bits per heavy atom. The lowest BCUT2D eigenvalue weighted by atomic mass is 9.89. The van der Waals surface area contributed by atoms with Crippen molar-refractivity contribution in [3.8, 4) is 5.69 Å². The molecule has 0 aliphatic heterocycles. The maximum atomic E-state index is 13.6. The summed E-state index contributed by atoms with van der Waals surface area (Å²) in [5.74, 6) is -0.143. The first-order valence-corrected chi connectivity index (χ1v) is 12.5. The van der Waals surface area contributed by atoms with Gasteiger partial charge >= 0.3 is 6.18 Å². The van der Waals surface area contributed by atoms with Crippen molar-refractivity contribution in [1.82, 2.24) is 14.9 Å². The van der Waals surface area contributed by atoms with Gasteiger partial charge in [0.15, 0.2) is 0 Å². The molecule has 2 heterocycles. The van der Waals surface area contributed by atoms with Gasteiger partial charge in [-0.2, -0.15) is 13.2 Å². The van der Waals surface area contributed by atoms with Crippen LogP contribution >= 0.6 is 11.6 Å². The van der Waals surface area contributed by atoms with E-state index in [0.29, 0.717) is 21.8 Å². The van der Waals surface area contributed by atoms with Crippen LogP contribution in [-0.4, -0.2) is 34.6 Å². The van der Waals surface area contributed by atoms with E-state index in [0.717, 1.165) is 37.4 Å². The van der Waals surface area contributed by atoms with Gasteiger partial charge < -0.3 is 14.8 Å². The van der Waals surface area contributed by atoms with Crippen LogP contribution in [0.1, 0.15) is 41.9 Å². The fourth-order valence-corrected chi connectivity index (χ4v) is 5.23. The van der Waals surface area contributed by atoms with Gasteiger partial charge in [0.05, 0.1) is 5.52 Å². The highest BCUT2D eigenvalue weighted by molar-refractivity contribution is 6.31. The predicted molar refractivity (Wildman–Crippen MR) is 139 cm³/mol. The highest BCUT2D eigenvalue weighted by atomic mass is 35.5. The molecule has 1 aliphatic carbocycles. The van der Waals surface area contributed by atoms with Gasteiger partial charge in [0.2, 0.25) is 0 Å². The van der Waals surface area contributed by atoms with Crippen LogP contribution in [-0.2, 0) is 6.18 Å². The fourth-order valence-electron chi connectivity index (χ4n) is 5.06. The Bertz CT molecular complexity index is 1410. The van der Waals surface area contributed by atoms with E-state index < -0.39 is 11.9 Å². The molecule has 0 bridgehead atoms. The lowest BCUT2D eigenvalue weighted by Gasteiger charge is -2.37. The molecule has 0 unspecified atom stereocenters. The number of carbonyl (C=O) groups excluding carboxylic acids is 1. The number of hydrogen-bond acceptors (Lipinski definition) is 3. The number of anilines is 1. The van der Waals surface area contributed by atoms with Gasteiger partial charge in [-0.25, -0.2) is 4.98 Å². The van der Waals surface area contributed by atoms with Crippen molar-refractivity contribution in [3.05, 3.63) is 89.3 Å². The van der Waals surface area contributed by atoms with Gasteiger partial charge in [-0.05, 0) is 74.2 Å². The second-order valence-electron chi connectivity index (χ2n) is 9.37. The number of halogens is 4. The standard InChI is InChI=1S/C28H26ClF3N4O/c1-35(25-17-26(28(30,31)32)34-23-14-9-18(29)16-22(23)25)20-12-10-19(11-13-20)33-27(37)24-8-5-15-36(24)21-6-3-2-4-7-21/h2-9,14-17,19-20H,10-13H2,1H3,(H,33,37). The number of hydrogen-bond donors (Lipinski definition) is 1. The van der Waals surface area contributed by atoms with Crippen LogP contribution in [0.5, 0.6) is 0 Å². The van der Waals surface area contributed by atoms with Crippen molar-refractivity contribution in [1.29, 1.82) is 0 Å². The molecule has 37 heavy (non-hydrogen) atoms. The van der Waals surface area contributed by atoms with Crippen LogP contribution in [0.15, 0.2) is 72.9 Å². The van der Waals surface area contributed by atoms with E-state index in [1.54, 1.807) is 18.2 Å². The van der Waals surface area contributed by atoms with Gasteiger partial charge in [0.1, 0.15) is 11.4 Å². The van der Waals surface area contributed by atoms with E-state index in [1.165, 1.54) is 6.07 Å². The molecule has 0 atom stereocenters. The number of rotatable bonds is 5. The minimum atomic E-state index is -4.55. The Hall–Kier alpha value is -3.52. The molecule has 1 N–H and O–H groups in total. The third-order valence-electron chi connectivity index (χ3n) is 7.01. The average molecular weight is 527 g/mol. The van der Waals surface area contributed by atoms with E-state index in [4.69, 9.17) is 11.6 Å². The summed E-state index contributed by atoms with van der Waals surface area (Å²) in [6.07, 6.45) is 0.213. The predicted octanol–water partition coefficient (Wildman–Crippen LogP) is 6.88. The summed E-state index contributed by atoms with van der Waals surface area (Å²) in [4.78, 5) is 18.8. The van der Waals surface area contributed by atoms with Gasteiger partial charge in [0.25, 0.3) is 5.91 Å². The van der Waals surface area contributed by atoms with Crippen molar-refractivity contribution in [2.24, 2.45) is 0 Å². The average Bonchev–Trinajstić information content (AvgIpc) is 3.38. The van der Waals surface area contributed by atoms with Crippen molar-refractivity contribution < 1.29 is 18.0 Å². The van der Waals surface area contributed by atoms with Crippen molar-refractivity contribution in [2.75, 3.05) is 11.9 Å². The van der Waals surface area contributed by atoms with Crippen molar-refractivity contribution in [3.63, 3.8) is 0 Å². The zero-order valence-electron chi connectivity index (χ0n) is 20.2. The van der Waals surface area contributed by atoms with E-state index in [1.807, 2.05) is 59.1 Å². The molecule has 0 radical (unpaired) electrons. The molecule has 0 spiro atoms. The molecule has 2 aromatic heterocycles. The molecule has 1 fully saturated rings. The van der Waals surface area contributed by atoms with Crippen LogP contribution in [0.3, 0.4) is 0 Å². The van der Waals surface area contributed by atoms with Crippen molar-refractivity contribution in [2.45, 2.75) is 43.9 Å². The Morgan fingerprint density at radius 3 is 2.46 bits per heavy atom. The molecule has 1 saturated carbocycles. The summed E-state index contributed by atoms with van der Waals surface area (Å²) in [6, 6.07) is 19.1. The Kier molecular flexibility index (Phi) is 6.86. The van der Waals surface area contributed by atoms with Crippen molar-refractivity contribution >= 4 is 34.1 Å². The Balaban J connectivity index is 1.29. The summed E-state index contributed by atoms with van der Waals surface area (Å²) < 4.78 is 42.5. The van der Waals surface area contributed by atoms with Crippen LogP contribution in [0.4, 0.5) is 18.9 Å². The van der Waals surface area contributed by atoms with Gasteiger partial charge in [-0.15, -0.1) is 0 Å². The van der Waals surface area contributed by atoms with Crippen LogP contribution in [0, 0.1) is 0 Å². The third kappa shape index (κ3) is 5.30. The summed E-state index contributed by atoms with van der Waals surface area (Å²) >= 11 is 6.16. The fraction of sp³-hybridized carbons (Fsp3) is 0.286. The molecular weight excluding hydrogens is 501 g/mol. The molecule has 5 nitrogen and oxygen atoms in total. The van der Waals surface area contributed by atoms with E-state index in [-0.39, 0.29) is 23.5 Å². The summed E-state index contributed by atoms with van der Waals surface area (Å²) in [6.45, 7) is 0. The lowest BCUT2D eigenvalue weighted by molar-refractivity contribution is -0.140. The largest absolute Gasteiger partial charge is 0.433 e. The summed E-state index contributed by atoms with van der Waals surface area (Å²) in [5.41, 5.74) is 1.25. The first kappa shape index (κ1) is 25.1. The number of amides is 1. The minimum Gasteiger partial charge on any atom is -0.371 e. The maximum Gasteiger partial charge on any atom is 0.433 e. The quantitative estimate of drug-likeness (QED) is 0.308. The zero-order valence-corrected chi connectivity index (χ0v) is 20.9. The van der Waals surface area contributed by atoms with Crippen LogP contribution in [0.25, 0.3) is 16.6 Å². The molecular formula is C28H26ClF3N4O. The smallest absolute Gasteiger partial charge is 0.371 e. The molecule has 0 saturated heterocycles. The second kappa shape index (κ2) is 10.1. The molecule has 4 aromatic rings. The number of nitrogens with zero attached hydrogens (tertiary/aromatic N) is 3. The highest BCUT2D eigenvalue weighted by Crippen LogP contribution is 2.37.